The average Bonchev–Trinajstić information content (AvgIpc) is 3.07. The van der Waals surface area contributed by atoms with Crippen LogP contribution in [0, 0.1) is 18.3 Å². The summed E-state index contributed by atoms with van der Waals surface area (Å²) in [6.45, 7) is 2.20. The van der Waals surface area contributed by atoms with Gasteiger partial charge in [0, 0.05) is 34.6 Å². The van der Waals surface area contributed by atoms with E-state index in [1.165, 1.54) is 11.3 Å². The van der Waals surface area contributed by atoms with Crippen LogP contribution in [0.3, 0.4) is 0 Å². The molecule has 2 heterocycles. The van der Waals surface area contributed by atoms with Crippen LogP contribution in [0.4, 0.5) is 0 Å². The van der Waals surface area contributed by atoms with Gasteiger partial charge in [0.05, 0.1) is 6.07 Å². The van der Waals surface area contributed by atoms with Crippen LogP contribution in [-0.2, 0) is 6.61 Å². The van der Waals surface area contributed by atoms with E-state index in [1.54, 1.807) is 36.7 Å². The molecule has 0 aliphatic heterocycles. The van der Waals surface area contributed by atoms with Crippen LogP contribution in [0.15, 0.2) is 54.2 Å². The monoisotopic (exact) mass is 349 g/mol. The zero-order valence-electron chi connectivity index (χ0n) is 13.5. The minimum Gasteiger partial charge on any atom is -0.489 e. The van der Waals surface area contributed by atoms with Gasteiger partial charge < -0.3 is 4.74 Å². The number of Topliss-reactive ketones (excluding diaryl/α,β-unsaturated/α-hetero) is 1. The number of hydrogen-bond acceptors (Lipinski definition) is 6. The van der Waals surface area contributed by atoms with E-state index in [0.717, 1.165) is 11.3 Å². The Balaban J connectivity index is 1.76. The van der Waals surface area contributed by atoms with Crippen LogP contribution in [0.2, 0.25) is 0 Å². The van der Waals surface area contributed by atoms with Crippen LogP contribution in [0.5, 0.6) is 5.75 Å². The van der Waals surface area contributed by atoms with Crippen LogP contribution in [0.25, 0.3) is 0 Å². The molecule has 3 rings (SSSR count). The summed E-state index contributed by atoms with van der Waals surface area (Å²) in [7, 11) is 0. The lowest BCUT2D eigenvalue weighted by Crippen LogP contribution is -2.11. The number of aryl methyl sites for hydroxylation is 1. The predicted molar refractivity (Wildman–Crippen MR) is 94.5 cm³/mol. The summed E-state index contributed by atoms with van der Waals surface area (Å²) >= 11 is 1.32. The van der Waals surface area contributed by atoms with Crippen molar-refractivity contribution < 1.29 is 9.53 Å². The lowest BCUT2D eigenvalue weighted by molar-refractivity contribution is 0.0978. The van der Waals surface area contributed by atoms with E-state index in [-0.39, 0.29) is 5.78 Å². The van der Waals surface area contributed by atoms with Gasteiger partial charge >= 0.3 is 0 Å². The lowest BCUT2D eigenvalue weighted by Gasteiger charge is -2.09. The highest BCUT2D eigenvalue weighted by molar-refractivity contribution is 7.10. The summed E-state index contributed by atoms with van der Waals surface area (Å²) in [5.41, 5.74) is 2.18. The van der Waals surface area contributed by atoms with E-state index in [0.29, 0.717) is 22.9 Å². The molecule has 0 unspecified atom stereocenters. The molecule has 0 spiro atoms. The lowest BCUT2D eigenvalue weighted by atomic mass is 9.99. The van der Waals surface area contributed by atoms with E-state index in [9.17, 15) is 10.1 Å². The standard InChI is InChI=1S/C19H15N3O2S/c1-13-12-25-19(22-13)17(9-20)18(23)15-5-2-6-16(8-15)24-11-14-4-3-7-21-10-14/h2-8,10,12,17H,11H2,1H3/t17-/m1/s1. The number of pyridine rings is 1. The summed E-state index contributed by atoms with van der Waals surface area (Å²) in [5.74, 6) is -0.599. The maximum absolute atomic E-state index is 12.7. The molecule has 0 amide bonds. The fourth-order valence-electron chi connectivity index (χ4n) is 2.29. The number of aromatic nitrogens is 2. The first-order chi connectivity index (χ1) is 12.2. The number of hydrogen-bond donors (Lipinski definition) is 0. The van der Waals surface area contributed by atoms with Crippen LogP contribution < -0.4 is 4.74 Å². The van der Waals surface area contributed by atoms with Gasteiger partial charge in [0.25, 0.3) is 0 Å². The normalized spacial score (nSPS) is 11.5. The molecule has 6 heteroatoms. The van der Waals surface area contributed by atoms with E-state index >= 15 is 0 Å². The number of carbonyl (C=O) groups excluding carboxylic acids is 1. The molecule has 0 bridgehead atoms. The Morgan fingerprint density at radius 1 is 1.36 bits per heavy atom. The van der Waals surface area contributed by atoms with Crippen molar-refractivity contribution in [3.05, 3.63) is 76.0 Å². The highest BCUT2D eigenvalue weighted by Gasteiger charge is 2.24. The SMILES string of the molecule is Cc1csc([C@H](C#N)C(=O)c2cccc(OCc3cccnc3)c2)n1. The van der Waals surface area contributed by atoms with Crippen molar-refractivity contribution in [1.82, 2.24) is 9.97 Å². The van der Waals surface area contributed by atoms with Gasteiger partial charge in [-0.1, -0.05) is 18.2 Å². The van der Waals surface area contributed by atoms with Crippen LogP contribution in [0.1, 0.15) is 32.5 Å². The minimum atomic E-state index is -0.896. The first-order valence-electron chi connectivity index (χ1n) is 7.65. The minimum absolute atomic E-state index is 0.274. The molecule has 0 fully saturated rings. The smallest absolute Gasteiger partial charge is 0.187 e. The van der Waals surface area contributed by atoms with E-state index in [4.69, 9.17) is 4.74 Å². The summed E-state index contributed by atoms with van der Waals surface area (Å²) in [6.07, 6.45) is 3.43. The molecule has 5 nitrogen and oxygen atoms in total. The number of carbonyl (C=O) groups is 1. The Morgan fingerprint density at radius 3 is 2.92 bits per heavy atom. The topological polar surface area (TPSA) is 75.9 Å². The molecule has 1 atom stereocenters. The van der Waals surface area contributed by atoms with Gasteiger partial charge in [0.1, 0.15) is 17.4 Å². The fraction of sp³-hybridized carbons (Fsp3) is 0.158. The van der Waals surface area contributed by atoms with Crippen LogP contribution >= 0.6 is 11.3 Å². The molecular formula is C19H15N3O2S. The van der Waals surface area contributed by atoms with Gasteiger partial charge in [-0.3, -0.25) is 9.78 Å². The third-order valence-electron chi connectivity index (χ3n) is 3.52. The average molecular weight is 349 g/mol. The van der Waals surface area contributed by atoms with Gasteiger partial charge in [-0.2, -0.15) is 5.26 Å². The number of ether oxygens (including phenoxy) is 1. The Bertz CT molecular complexity index is 916. The van der Waals surface area contributed by atoms with Gasteiger partial charge in [0.2, 0.25) is 0 Å². The van der Waals surface area contributed by atoms with Crippen molar-refractivity contribution in [1.29, 1.82) is 5.26 Å². The second-order valence-electron chi connectivity index (χ2n) is 5.43. The number of nitrogens with zero attached hydrogens (tertiary/aromatic N) is 3. The second kappa shape index (κ2) is 7.69. The number of nitriles is 1. The number of rotatable bonds is 6. The van der Waals surface area contributed by atoms with Gasteiger partial charge in [-0.15, -0.1) is 11.3 Å². The van der Waals surface area contributed by atoms with Crippen LogP contribution in [-0.4, -0.2) is 15.8 Å². The molecule has 3 aromatic rings. The third-order valence-corrected chi connectivity index (χ3v) is 4.55. The quantitative estimate of drug-likeness (QED) is 0.631. The Labute approximate surface area is 149 Å². The molecule has 0 saturated heterocycles. The molecule has 1 aromatic carbocycles. The van der Waals surface area contributed by atoms with Gasteiger partial charge in [0.15, 0.2) is 11.7 Å². The van der Waals surface area contributed by atoms with Crippen molar-refractivity contribution in [3.8, 4) is 11.8 Å². The van der Waals surface area contributed by atoms with E-state index in [1.807, 2.05) is 24.4 Å². The Hall–Kier alpha value is -3.04. The molecule has 2 aromatic heterocycles. The van der Waals surface area contributed by atoms with E-state index < -0.39 is 5.92 Å². The molecule has 0 N–H and O–H groups in total. The zero-order valence-corrected chi connectivity index (χ0v) is 14.4. The molecule has 0 aliphatic carbocycles. The second-order valence-corrected chi connectivity index (χ2v) is 6.32. The largest absolute Gasteiger partial charge is 0.489 e. The van der Waals surface area contributed by atoms with Crippen molar-refractivity contribution >= 4 is 17.1 Å². The number of benzene rings is 1. The maximum atomic E-state index is 12.7. The first-order valence-corrected chi connectivity index (χ1v) is 8.53. The van der Waals surface area contributed by atoms with Crippen molar-refractivity contribution in [2.45, 2.75) is 19.4 Å². The molecule has 0 saturated carbocycles. The highest BCUT2D eigenvalue weighted by Crippen LogP contribution is 2.25. The van der Waals surface area contributed by atoms with Crippen molar-refractivity contribution in [2.24, 2.45) is 0 Å². The maximum Gasteiger partial charge on any atom is 0.187 e. The van der Waals surface area contributed by atoms with Crippen molar-refractivity contribution in [3.63, 3.8) is 0 Å². The zero-order chi connectivity index (χ0) is 17.6. The first kappa shape index (κ1) is 16.8. The van der Waals surface area contributed by atoms with Gasteiger partial charge in [-0.05, 0) is 25.1 Å². The third kappa shape index (κ3) is 4.08. The molecule has 25 heavy (non-hydrogen) atoms. The van der Waals surface area contributed by atoms with E-state index in [2.05, 4.69) is 16.0 Å². The summed E-state index contributed by atoms with van der Waals surface area (Å²) < 4.78 is 5.72. The number of thiazole rings is 1. The molecule has 0 radical (unpaired) electrons. The predicted octanol–water partition coefficient (Wildman–Crippen LogP) is 3.92. The van der Waals surface area contributed by atoms with Crippen molar-refractivity contribution in [2.75, 3.05) is 0 Å². The number of ketones is 1. The Kier molecular flexibility index (Phi) is 5.17. The fourth-order valence-corrected chi connectivity index (χ4v) is 3.12. The highest BCUT2D eigenvalue weighted by atomic mass is 32.1. The van der Waals surface area contributed by atoms with Gasteiger partial charge in [-0.25, -0.2) is 4.98 Å². The molecule has 0 aliphatic rings. The Morgan fingerprint density at radius 2 is 2.24 bits per heavy atom. The molecule has 124 valence electrons. The summed E-state index contributed by atoms with van der Waals surface area (Å²) in [4.78, 5) is 21.0. The summed E-state index contributed by atoms with van der Waals surface area (Å²) in [6, 6.07) is 12.7. The summed E-state index contributed by atoms with van der Waals surface area (Å²) in [5, 5.41) is 11.8. The molecular weight excluding hydrogens is 334 g/mol.